The minimum Gasteiger partial charge on any atom is -0.206 e. The molecule has 0 saturated carbocycles. The predicted octanol–water partition coefficient (Wildman–Crippen LogP) is 4.22. The van der Waals surface area contributed by atoms with Crippen molar-refractivity contribution in [1.82, 2.24) is 0 Å². The average Bonchev–Trinajstić information content (AvgIpc) is 2.25. The lowest BCUT2D eigenvalue weighted by atomic mass is 10.0. The highest BCUT2D eigenvalue weighted by Crippen LogP contribution is 2.30. The van der Waals surface area contributed by atoms with Gasteiger partial charge in [0.2, 0.25) is 0 Å². The van der Waals surface area contributed by atoms with Crippen molar-refractivity contribution in [2.24, 2.45) is 0 Å². The Balaban J connectivity index is 2.65. The van der Waals surface area contributed by atoms with Crippen molar-refractivity contribution in [1.29, 1.82) is 0 Å². The summed E-state index contributed by atoms with van der Waals surface area (Å²) in [5, 5.41) is 0.160. The second-order valence-corrected chi connectivity index (χ2v) is 3.52. The Labute approximate surface area is 95.3 Å². The topological polar surface area (TPSA) is 0 Å². The van der Waals surface area contributed by atoms with E-state index in [2.05, 4.69) is 6.07 Å². The molecule has 0 aromatic heterocycles. The molecule has 0 aliphatic heterocycles. The van der Waals surface area contributed by atoms with E-state index in [0.717, 1.165) is 6.07 Å². The van der Waals surface area contributed by atoms with Crippen LogP contribution >= 0.6 is 11.6 Å². The molecule has 0 fully saturated rings. The van der Waals surface area contributed by atoms with Crippen molar-refractivity contribution in [2.75, 3.05) is 0 Å². The van der Waals surface area contributed by atoms with E-state index in [1.54, 1.807) is 12.1 Å². The van der Waals surface area contributed by atoms with Gasteiger partial charge in [-0.1, -0.05) is 29.8 Å². The van der Waals surface area contributed by atoms with Crippen LogP contribution in [0.25, 0.3) is 11.1 Å². The van der Waals surface area contributed by atoms with Gasteiger partial charge in [0.1, 0.15) is 5.82 Å². The first-order chi connectivity index (χ1) is 7.59. The van der Waals surface area contributed by atoms with E-state index in [0.29, 0.717) is 6.07 Å². The molecule has 0 heterocycles. The van der Waals surface area contributed by atoms with Crippen molar-refractivity contribution in [3.05, 3.63) is 58.9 Å². The van der Waals surface area contributed by atoms with Gasteiger partial charge in [-0.3, -0.25) is 0 Å². The maximum atomic E-state index is 13.4. The lowest BCUT2D eigenvalue weighted by molar-refractivity contribution is 0.496. The molecule has 16 heavy (non-hydrogen) atoms. The number of benzene rings is 2. The lowest BCUT2D eigenvalue weighted by Gasteiger charge is -2.06. The minimum absolute atomic E-state index is 0.0826. The molecule has 0 aliphatic carbocycles. The molecule has 0 atom stereocenters. The van der Waals surface area contributed by atoms with E-state index in [1.807, 2.05) is 0 Å². The Bertz CT molecular complexity index is 538. The Morgan fingerprint density at radius 2 is 1.62 bits per heavy atom. The maximum absolute atomic E-state index is 13.4. The van der Waals surface area contributed by atoms with Gasteiger partial charge in [0.25, 0.3) is 0 Å². The quantitative estimate of drug-likeness (QED) is 0.656. The summed E-state index contributed by atoms with van der Waals surface area (Å²) in [6, 6.07) is 8.55. The van der Waals surface area contributed by atoms with Gasteiger partial charge in [0, 0.05) is 23.3 Å². The molecule has 0 unspecified atom stereocenters. The normalized spacial score (nSPS) is 10.5. The fourth-order valence-electron chi connectivity index (χ4n) is 1.35. The molecule has 0 spiro atoms. The van der Waals surface area contributed by atoms with E-state index in [9.17, 15) is 13.2 Å². The molecule has 2 rings (SSSR count). The van der Waals surface area contributed by atoms with Crippen LogP contribution < -0.4 is 0 Å². The fraction of sp³-hybridized carbons (Fsp3) is 0. The Kier molecular flexibility index (Phi) is 2.88. The fourth-order valence-corrected chi connectivity index (χ4v) is 1.58. The van der Waals surface area contributed by atoms with Gasteiger partial charge in [0.05, 0.1) is 5.02 Å². The van der Waals surface area contributed by atoms with Crippen molar-refractivity contribution in [3.63, 3.8) is 0 Å². The summed E-state index contributed by atoms with van der Waals surface area (Å²) in [7, 11) is 0. The molecule has 0 bridgehead atoms. The van der Waals surface area contributed by atoms with Crippen LogP contribution in [-0.4, -0.2) is 0 Å². The summed E-state index contributed by atoms with van der Waals surface area (Å²) in [5.41, 5.74) is 0.196. The van der Waals surface area contributed by atoms with Crippen LogP contribution in [-0.2, 0) is 0 Å². The van der Waals surface area contributed by atoms with E-state index in [-0.39, 0.29) is 16.1 Å². The van der Waals surface area contributed by atoms with Gasteiger partial charge in [0.15, 0.2) is 11.6 Å². The summed E-state index contributed by atoms with van der Waals surface area (Å²) in [6.07, 6.45) is 0. The molecular weight excluding hydrogens is 237 g/mol. The lowest BCUT2D eigenvalue weighted by Crippen LogP contribution is -1.91. The molecule has 0 nitrogen and oxygen atoms in total. The molecule has 1 radical (unpaired) electrons. The van der Waals surface area contributed by atoms with Crippen LogP contribution in [0.3, 0.4) is 0 Å². The number of halogens is 4. The largest absolute Gasteiger partial charge is 0.206 e. The monoisotopic (exact) mass is 241 g/mol. The van der Waals surface area contributed by atoms with E-state index in [1.165, 1.54) is 6.07 Å². The third-order valence-electron chi connectivity index (χ3n) is 2.11. The number of hydrogen-bond acceptors (Lipinski definition) is 0. The summed E-state index contributed by atoms with van der Waals surface area (Å²) in [6.45, 7) is 0. The van der Waals surface area contributed by atoms with E-state index >= 15 is 0 Å². The van der Waals surface area contributed by atoms with E-state index < -0.39 is 17.5 Å². The van der Waals surface area contributed by atoms with Gasteiger partial charge in [-0.15, -0.1) is 0 Å². The van der Waals surface area contributed by atoms with Crippen molar-refractivity contribution >= 4 is 11.6 Å². The molecule has 0 saturated heterocycles. The standard InChI is InChI=1S/C12H5ClF3/c13-9-4-2-1-3-7(9)8-5-11(15)12(16)6-10(8)14/h1-3,5-6H. The van der Waals surface area contributed by atoms with Crippen LogP contribution in [0, 0.1) is 23.5 Å². The molecule has 4 heteroatoms. The molecule has 2 aromatic rings. The zero-order valence-corrected chi connectivity index (χ0v) is 8.65. The van der Waals surface area contributed by atoms with Crippen LogP contribution in [0.15, 0.2) is 30.3 Å². The van der Waals surface area contributed by atoms with Gasteiger partial charge < -0.3 is 0 Å². The average molecular weight is 242 g/mol. The molecule has 0 amide bonds. The molecule has 81 valence electrons. The first-order valence-electron chi connectivity index (χ1n) is 4.40. The summed E-state index contributed by atoms with van der Waals surface area (Å²) in [4.78, 5) is 0. The second-order valence-electron chi connectivity index (χ2n) is 3.14. The summed E-state index contributed by atoms with van der Waals surface area (Å²) >= 11 is 5.78. The molecular formula is C12H5ClF3. The van der Waals surface area contributed by atoms with E-state index in [4.69, 9.17) is 11.6 Å². The highest BCUT2D eigenvalue weighted by molar-refractivity contribution is 6.33. The Hall–Kier alpha value is -1.48. The van der Waals surface area contributed by atoms with Crippen molar-refractivity contribution in [2.45, 2.75) is 0 Å². The zero-order valence-electron chi connectivity index (χ0n) is 7.90. The predicted molar refractivity (Wildman–Crippen MR) is 55.6 cm³/mol. The smallest absolute Gasteiger partial charge is 0.161 e. The third kappa shape index (κ3) is 1.91. The molecule has 2 aromatic carbocycles. The van der Waals surface area contributed by atoms with Crippen LogP contribution in [0.4, 0.5) is 13.2 Å². The van der Waals surface area contributed by atoms with Crippen LogP contribution in [0.2, 0.25) is 5.02 Å². The first-order valence-corrected chi connectivity index (χ1v) is 4.78. The Morgan fingerprint density at radius 1 is 0.938 bits per heavy atom. The second kappa shape index (κ2) is 4.18. The van der Waals surface area contributed by atoms with Gasteiger partial charge in [-0.2, -0.15) is 0 Å². The highest BCUT2D eigenvalue weighted by Gasteiger charge is 2.13. The number of hydrogen-bond donors (Lipinski definition) is 0. The van der Waals surface area contributed by atoms with Crippen LogP contribution in [0.1, 0.15) is 0 Å². The van der Waals surface area contributed by atoms with Crippen molar-refractivity contribution < 1.29 is 13.2 Å². The van der Waals surface area contributed by atoms with Crippen molar-refractivity contribution in [3.8, 4) is 11.1 Å². The van der Waals surface area contributed by atoms with Gasteiger partial charge in [-0.05, 0) is 6.07 Å². The first kappa shape index (κ1) is 11.0. The molecule has 0 N–H and O–H groups in total. The summed E-state index contributed by atoms with van der Waals surface area (Å²) in [5.74, 6) is -3.20. The molecule has 0 aliphatic rings. The highest BCUT2D eigenvalue weighted by atomic mass is 35.5. The maximum Gasteiger partial charge on any atom is 0.161 e. The zero-order chi connectivity index (χ0) is 11.7. The van der Waals surface area contributed by atoms with Gasteiger partial charge in [-0.25, -0.2) is 13.2 Å². The minimum atomic E-state index is -1.22. The third-order valence-corrected chi connectivity index (χ3v) is 2.42. The SMILES string of the molecule is Fc1cc(F)c(-c2ccc[c]c2Cl)cc1F. The summed E-state index contributed by atoms with van der Waals surface area (Å²) < 4.78 is 39.1. The number of rotatable bonds is 1. The Morgan fingerprint density at radius 3 is 2.31 bits per heavy atom. The van der Waals surface area contributed by atoms with Crippen LogP contribution in [0.5, 0.6) is 0 Å². The van der Waals surface area contributed by atoms with Gasteiger partial charge >= 0.3 is 0 Å².